The Morgan fingerprint density at radius 2 is 1.17 bits per heavy atom. The van der Waals surface area contributed by atoms with Gasteiger partial charge in [0.2, 0.25) is 0 Å². The van der Waals surface area contributed by atoms with Gasteiger partial charge in [-0.2, -0.15) is 0 Å². The number of likely N-dealkylation sites (tertiary alicyclic amines) is 1. The first-order valence-electron chi connectivity index (χ1n) is 20.5. The first-order valence-corrected chi connectivity index (χ1v) is 20.5. The fourth-order valence-electron chi connectivity index (χ4n) is 7.31. The lowest BCUT2D eigenvalue weighted by atomic mass is 9.75. The van der Waals surface area contributed by atoms with Crippen molar-refractivity contribution in [3.63, 3.8) is 0 Å². The SMILES string of the molecule is CC.CC.CC.CNC(C)(C)CC(CC(C)(C)C)OC(=O)C(Cc1cc(C(C)(C)C)c(C)c(C(C)(C)C)c1)C(=O)OC1CC(C)(C)N(C)C(C)(C)C1. The van der Waals surface area contributed by atoms with E-state index in [0.717, 1.165) is 5.56 Å². The zero-order valence-electron chi connectivity index (χ0n) is 39.0. The number of ether oxygens (including phenoxy) is 2. The molecule has 306 valence electrons. The Hall–Kier alpha value is -1.92. The summed E-state index contributed by atoms with van der Waals surface area (Å²) in [5, 5.41) is 3.35. The minimum atomic E-state index is -1.06. The van der Waals surface area contributed by atoms with E-state index in [1.807, 2.05) is 48.6 Å². The van der Waals surface area contributed by atoms with E-state index in [2.05, 4.69) is 140 Å². The van der Waals surface area contributed by atoms with E-state index >= 15 is 0 Å². The summed E-state index contributed by atoms with van der Waals surface area (Å²) in [6.07, 6.45) is 2.34. The monoisotopic (exact) mass is 733 g/mol. The predicted octanol–water partition coefficient (Wildman–Crippen LogP) is 11.8. The number of nitrogens with zero attached hydrogens (tertiary/aromatic N) is 1. The fraction of sp³-hybridized carbons (Fsp3) is 0.826. The van der Waals surface area contributed by atoms with Gasteiger partial charge in [0, 0.05) is 35.9 Å². The van der Waals surface area contributed by atoms with Gasteiger partial charge in [-0.05, 0) is 114 Å². The Balaban J connectivity index is 0. The summed E-state index contributed by atoms with van der Waals surface area (Å²) in [5.74, 6) is -2.04. The second-order valence-corrected chi connectivity index (χ2v) is 19.4. The van der Waals surface area contributed by atoms with Gasteiger partial charge in [-0.1, -0.05) is 116 Å². The van der Waals surface area contributed by atoms with Gasteiger partial charge < -0.3 is 14.8 Å². The lowest BCUT2D eigenvalue weighted by Gasteiger charge is -2.53. The summed E-state index contributed by atoms with van der Waals surface area (Å²) >= 11 is 0. The maximum absolute atomic E-state index is 14.3. The molecule has 1 aliphatic heterocycles. The van der Waals surface area contributed by atoms with Crippen LogP contribution in [0.4, 0.5) is 0 Å². The maximum Gasteiger partial charge on any atom is 0.320 e. The third-order valence-electron chi connectivity index (χ3n) is 10.2. The summed E-state index contributed by atoms with van der Waals surface area (Å²) in [6, 6.07) is 4.38. The van der Waals surface area contributed by atoms with Crippen LogP contribution in [0.3, 0.4) is 0 Å². The highest BCUT2D eigenvalue weighted by Gasteiger charge is 2.46. The number of rotatable bonds is 10. The number of hydrogen-bond donors (Lipinski definition) is 1. The molecule has 1 heterocycles. The van der Waals surface area contributed by atoms with Crippen LogP contribution in [-0.4, -0.2) is 59.8 Å². The zero-order chi connectivity index (χ0) is 41.8. The minimum Gasteiger partial charge on any atom is -0.462 e. The number of hydrogen-bond acceptors (Lipinski definition) is 6. The second-order valence-electron chi connectivity index (χ2n) is 19.4. The van der Waals surface area contributed by atoms with Gasteiger partial charge >= 0.3 is 11.9 Å². The van der Waals surface area contributed by atoms with Crippen LogP contribution < -0.4 is 5.32 Å². The molecule has 0 aromatic heterocycles. The van der Waals surface area contributed by atoms with Crippen molar-refractivity contribution in [2.45, 2.75) is 224 Å². The molecule has 1 aromatic carbocycles. The van der Waals surface area contributed by atoms with E-state index < -0.39 is 17.9 Å². The Bertz CT molecular complexity index is 1170. The Morgan fingerprint density at radius 3 is 1.52 bits per heavy atom. The standard InChI is InChI=1S/C40H70N2O4.3C2H6/c1-26-31(36(5,6)7)20-27(21-32(26)37(8,9)10)19-30(33(43)45-28(22-35(2,3)4)23-38(11,12)41-17)34(44)46-29-24-39(13,14)42(18)40(15,16)25-29;3*1-2/h20-21,28-30,41H,19,22-25H2,1-18H3;3*1-2H3. The summed E-state index contributed by atoms with van der Waals surface area (Å²) < 4.78 is 12.6. The van der Waals surface area contributed by atoms with Crippen molar-refractivity contribution in [3.05, 3.63) is 34.4 Å². The quantitative estimate of drug-likeness (QED) is 0.191. The molecule has 52 heavy (non-hydrogen) atoms. The summed E-state index contributed by atoms with van der Waals surface area (Å²) in [4.78, 5) is 30.9. The molecule has 1 fully saturated rings. The number of piperidine rings is 1. The van der Waals surface area contributed by atoms with Crippen LogP contribution in [-0.2, 0) is 36.3 Å². The molecule has 0 aliphatic carbocycles. The van der Waals surface area contributed by atoms with Crippen molar-refractivity contribution < 1.29 is 19.1 Å². The molecule has 2 atom stereocenters. The van der Waals surface area contributed by atoms with E-state index in [1.54, 1.807) is 0 Å². The lowest BCUT2D eigenvalue weighted by Crippen LogP contribution is -2.60. The van der Waals surface area contributed by atoms with Crippen LogP contribution in [0.25, 0.3) is 0 Å². The van der Waals surface area contributed by atoms with Crippen molar-refractivity contribution in [2.75, 3.05) is 14.1 Å². The van der Waals surface area contributed by atoms with Crippen molar-refractivity contribution in [1.29, 1.82) is 0 Å². The molecule has 6 heteroatoms. The lowest BCUT2D eigenvalue weighted by molar-refractivity contribution is -0.174. The molecule has 1 saturated heterocycles. The second kappa shape index (κ2) is 20.7. The van der Waals surface area contributed by atoms with Crippen molar-refractivity contribution in [1.82, 2.24) is 10.2 Å². The van der Waals surface area contributed by atoms with Gasteiger partial charge in [0.1, 0.15) is 12.2 Å². The van der Waals surface area contributed by atoms with Crippen molar-refractivity contribution in [3.8, 4) is 0 Å². The summed E-state index contributed by atoms with van der Waals surface area (Å²) in [5.41, 5.74) is 3.89. The van der Waals surface area contributed by atoms with Gasteiger partial charge in [-0.25, -0.2) is 0 Å². The Kier molecular flexibility index (Phi) is 20.7. The maximum atomic E-state index is 14.3. The van der Waals surface area contributed by atoms with Gasteiger partial charge in [0.15, 0.2) is 5.92 Å². The van der Waals surface area contributed by atoms with E-state index in [0.29, 0.717) is 25.7 Å². The van der Waals surface area contributed by atoms with Gasteiger partial charge in [0.25, 0.3) is 0 Å². The Labute approximate surface area is 324 Å². The molecule has 1 N–H and O–H groups in total. The number of esters is 2. The third-order valence-corrected chi connectivity index (χ3v) is 10.2. The van der Waals surface area contributed by atoms with Gasteiger partial charge in [-0.3, -0.25) is 14.5 Å². The van der Waals surface area contributed by atoms with Crippen LogP contribution in [0.1, 0.15) is 193 Å². The molecule has 0 spiro atoms. The molecule has 0 radical (unpaired) electrons. The van der Waals surface area contributed by atoms with Crippen LogP contribution in [0.2, 0.25) is 0 Å². The molecule has 2 unspecified atom stereocenters. The molecule has 0 bridgehead atoms. The van der Waals surface area contributed by atoms with Gasteiger partial charge in [-0.15, -0.1) is 0 Å². The van der Waals surface area contributed by atoms with Crippen LogP contribution in [0, 0.1) is 18.3 Å². The largest absolute Gasteiger partial charge is 0.462 e. The molecule has 1 aliphatic rings. The molecule has 2 rings (SSSR count). The molecular formula is C46H88N2O4. The first kappa shape index (κ1) is 52.2. The first-order chi connectivity index (χ1) is 23.5. The average molecular weight is 733 g/mol. The molecular weight excluding hydrogens is 645 g/mol. The topological polar surface area (TPSA) is 67.9 Å². The zero-order valence-corrected chi connectivity index (χ0v) is 39.0. The highest BCUT2D eigenvalue weighted by molar-refractivity contribution is 5.95. The summed E-state index contributed by atoms with van der Waals surface area (Å²) in [6.45, 7) is 47.0. The van der Waals surface area contributed by atoms with Crippen LogP contribution in [0.5, 0.6) is 0 Å². The molecule has 1 aromatic rings. The van der Waals surface area contributed by atoms with E-state index in [-0.39, 0.29) is 51.5 Å². The summed E-state index contributed by atoms with van der Waals surface area (Å²) in [7, 11) is 4.06. The number of nitrogens with one attached hydrogen (secondary N) is 1. The van der Waals surface area contributed by atoms with Crippen LogP contribution in [0.15, 0.2) is 12.1 Å². The van der Waals surface area contributed by atoms with E-state index in [9.17, 15) is 9.59 Å². The molecule has 0 amide bonds. The predicted molar refractivity (Wildman–Crippen MR) is 227 cm³/mol. The minimum absolute atomic E-state index is 0.0593. The highest BCUT2D eigenvalue weighted by Crippen LogP contribution is 2.39. The smallest absolute Gasteiger partial charge is 0.320 e. The number of benzene rings is 1. The van der Waals surface area contributed by atoms with Crippen molar-refractivity contribution >= 4 is 11.9 Å². The van der Waals surface area contributed by atoms with E-state index in [4.69, 9.17) is 9.47 Å². The molecule has 6 nitrogen and oxygen atoms in total. The number of carbonyl (C=O) groups is 2. The average Bonchev–Trinajstić information content (AvgIpc) is 2.99. The number of carbonyl (C=O) groups excluding carboxylic acids is 2. The van der Waals surface area contributed by atoms with Gasteiger partial charge in [0.05, 0.1) is 0 Å². The van der Waals surface area contributed by atoms with Crippen LogP contribution >= 0.6 is 0 Å². The Morgan fingerprint density at radius 1 is 0.769 bits per heavy atom. The van der Waals surface area contributed by atoms with Crippen molar-refractivity contribution in [2.24, 2.45) is 11.3 Å². The van der Waals surface area contributed by atoms with E-state index in [1.165, 1.54) is 16.7 Å². The fourth-order valence-corrected chi connectivity index (χ4v) is 7.31. The highest BCUT2D eigenvalue weighted by atomic mass is 16.6. The third kappa shape index (κ3) is 16.2. The normalized spacial score (nSPS) is 17.5. The molecule has 0 saturated carbocycles.